The van der Waals surface area contributed by atoms with Crippen LogP contribution in [0.2, 0.25) is 0 Å². The Morgan fingerprint density at radius 3 is 2.30 bits per heavy atom. The molecule has 1 aliphatic carbocycles. The number of rotatable bonds is 4. The van der Waals surface area contributed by atoms with Gasteiger partial charge in [-0.3, -0.25) is 4.79 Å². The van der Waals surface area contributed by atoms with Crippen molar-refractivity contribution >= 4 is 12.1 Å². The van der Waals surface area contributed by atoms with Crippen LogP contribution in [0.25, 0.3) is 0 Å². The average molecular weight is 285 g/mol. The first-order valence-electron chi connectivity index (χ1n) is 7.46. The lowest BCUT2D eigenvalue weighted by molar-refractivity contribution is -0.138. The van der Waals surface area contributed by atoms with Crippen LogP contribution in [0, 0.1) is 11.8 Å². The molecule has 0 saturated heterocycles. The minimum absolute atomic E-state index is 0.157. The van der Waals surface area contributed by atoms with Crippen LogP contribution in [-0.2, 0) is 9.53 Å². The zero-order valence-corrected chi connectivity index (χ0v) is 12.8. The summed E-state index contributed by atoms with van der Waals surface area (Å²) in [5, 5.41) is 11.8. The largest absolute Gasteiger partial charge is 0.481 e. The molecule has 0 aromatic carbocycles. The lowest BCUT2D eigenvalue weighted by atomic mass is 9.85. The average Bonchev–Trinajstić information content (AvgIpc) is 2.49. The van der Waals surface area contributed by atoms with Crippen LogP contribution in [0.1, 0.15) is 59.3 Å². The molecule has 0 bridgehead atoms. The molecule has 1 aliphatic rings. The molecule has 116 valence electrons. The molecule has 1 amide bonds. The van der Waals surface area contributed by atoms with E-state index < -0.39 is 17.7 Å². The Morgan fingerprint density at radius 2 is 1.75 bits per heavy atom. The second-order valence-electron chi connectivity index (χ2n) is 6.64. The Balaban J connectivity index is 2.48. The van der Waals surface area contributed by atoms with Gasteiger partial charge >= 0.3 is 12.1 Å². The monoisotopic (exact) mass is 285 g/mol. The Labute approximate surface area is 121 Å². The first-order chi connectivity index (χ1) is 9.28. The van der Waals surface area contributed by atoms with Crippen LogP contribution in [0.15, 0.2) is 0 Å². The summed E-state index contributed by atoms with van der Waals surface area (Å²) in [7, 11) is 0. The van der Waals surface area contributed by atoms with E-state index in [-0.39, 0.29) is 18.3 Å². The molecule has 2 N–H and O–H groups in total. The quantitative estimate of drug-likeness (QED) is 0.778. The van der Waals surface area contributed by atoms with Crippen molar-refractivity contribution in [3.05, 3.63) is 0 Å². The molecule has 1 fully saturated rings. The molecule has 5 nitrogen and oxygen atoms in total. The summed E-state index contributed by atoms with van der Waals surface area (Å²) in [5.41, 5.74) is -0.506. The van der Waals surface area contributed by atoms with Crippen molar-refractivity contribution in [3.8, 4) is 0 Å². The summed E-state index contributed by atoms with van der Waals surface area (Å²) < 4.78 is 5.21. The van der Waals surface area contributed by atoms with Crippen molar-refractivity contribution in [2.45, 2.75) is 64.9 Å². The molecule has 5 heteroatoms. The maximum atomic E-state index is 11.7. The summed E-state index contributed by atoms with van der Waals surface area (Å²) in [6.07, 6.45) is 5.04. The summed E-state index contributed by atoms with van der Waals surface area (Å²) >= 11 is 0. The van der Waals surface area contributed by atoms with Gasteiger partial charge in [-0.2, -0.15) is 0 Å². The Bertz CT molecular complexity index is 335. The normalized spacial score (nSPS) is 23.8. The van der Waals surface area contributed by atoms with Crippen LogP contribution in [0.3, 0.4) is 0 Å². The lowest BCUT2D eigenvalue weighted by Crippen LogP contribution is -2.37. The number of carbonyl (C=O) groups is 2. The van der Waals surface area contributed by atoms with Crippen LogP contribution >= 0.6 is 0 Å². The van der Waals surface area contributed by atoms with Crippen molar-refractivity contribution < 1.29 is 19.4 Å². The third-order valence-corrected chi connectivity index (χ3v) is 3.66. The van der Waals surface area contributed by atoms with Crippen molar-refractivity contribution in [3.63, 3.8) is 0 Å². The third kappa shape index (κ3) is 6.78. The van der Waals surface area contributed by atoms with Gasteiger partial charge in [0.05, 0.1) is 0 Å². The number of nitrogens with one attached hydrogen (secondary N) is 1. The fourth-order valence-corrected chi connectivity index (χ4v) is 2.75. The zero-order valence-electron chi connectivity index (χ0n) is 12.8. The number of hydrogen-bond acceptors (Lipinski definition) is 3. The van der Waals surface area contributed by atoms with Crippen LogP contribution in [-0.4, -0.2) is 29.3 Å². The molecule has 20 heavy (non-hydrogen) atoms. The van der Waals surface area contributed by atoms with E-state index in [1.54, 1.807) is 0 Å². The maximum Gasteiger partial charge on any atom is 0.407 e. The SMILES string of the molecule is CC(C)(C)OC(=O)NCC1CCCCCC1CC(=O)O. The summed E-state index contributed by atoms with van der Waals surface area (Å²) in [5.74, 6) is -0.356. The Morgan fingerprint density at radius 1 is 1.15 bits per heavy atom. The van der Waals surface area contributed by atoms with Gasteiger partial charge in [0.15, 0.2) is 0 Å². The molecule has 2 unspecified atom stereocenters. The minimum Gasteiger partial charge on any atom is -0.481 e. The first kappa shape index (κ1) is 16.8. The standard InChI is InChI=1S/C15H27NO4/c1-15(2,3)20-14(19)16-10-12-8-6-4-5-7-11(12)9-13(17)18/h11-12H,4-10H2,1-3H3,(H,16,19)(H,17,18). The van der Waals surface area contributed by atoms with E-state index in [1.807, 2.05) is 20.8 Å². The number of alkyl carbamates (subject to hydrolysis) is 1. The lowest BCUT2D eigenvalue weighted by Gasteiger charge is -2.25. The molecular formula is C15H27NO4. The van der Waals surface area contributed by atoms with Gasteiger partial charge in [0.2, 0.25) is 0 Å². The molecule has 0 radical (unpaired) electrons. The molecule has 0 spiro atoms. The molecule has 0 aromatic heterocycles. The number of carbonyl (C=O) groups excluding carboxylic acids is 1. The van der Waals surface area contributed by atoms with Crippen molar-refractivity contribution in [1.29, 1.82) is 0 Å². The number of aliphatic carboxylic acids is 1. The molecule has 0 aliphatic heterocycles. The minimum atomic E-state index is -0.751. The fraction of sp³-hybridized carbons (Fsp3) is 0.867. The summed E-state index contributed by atoms with van der Waals surface area (Å²) in [6, 6.07) is 0. The number of carboxylic acid groups (broad SMARTS) is 1. The van der Waals surface area contributed by atoms with E-state index in [0.29, 0.717) is 6.54 Å². The van der Waals surface area contributed by atoms with E-state index in [4.69, 9.17) is 9.84 Å². The summed E-state index contributed by atoms with van der Waals surface area (Å²) in [4.78, 5) is 22.6. The van der Waals surface area contributed by atoms with Crippen molar-refractivity contribution in [1.82, 2.24) is 5.32 Å². The van der Waals surface area contributed by atoms with E-state index in [1.165, 1.54) is 0 Å². The van der Waals surface area contributed by atoms with Gasteiger partial charge in [-0.25, -0.2) is 4.79 Å². The highest BCUT2D eigenvalue weighted by molar-refractivity contribution is 5.68. The second kappa shape index (κ2) is 7.50. The Hall–Kier alpha value is -1.26. The topological polar surface area (TPSA) is 75.6 Å². The molecule has 0 heterocycles. The van der Waals surface area contributed by atoms with Crippen LogP contribution < -0.4 is 5.32 Å². The van der Waals surface area contributed by atoms with Crippen molar-refractivity contribution in [2.75, 3.05) is 6.54 Å². The number of carboxylic acids is 1. The van der Waals surface area contributed by atoms with Crippen LogP contribution in [0.5, 0.6) is 0 Å². The molecular weight excluding hydrogens is 258 g/mol. The van der Waals surface area contributed by atoms with Gasteiger partial charge in [-0.15, -0.1) is 0 Å². The van der Waals surface area contributed by atoms with Gasteiger partial charge in [0.1, 0.15) is 5.60 Å². The first-order valence-corrected chi connectivity index (χ1v) is 7.46. The number of ether oxygens (including phenoxy) is 1. The molecule has 1 rings (SSSR count). The van der Waals surface area contributed by atoms with Crippen molar-refractivity contribution in [2.24, 2.45) is 11.8 Å². The van der Waals surface area contributed by atoms with E-state index >= 15 is 0 Å². The smallest absolute Gasteiger partial charge is 0.407 e. The molecule has 1 saturated carbocycles. The molecule has 0 aromatic rings. The zero-order chi connectivity index (χ0) is 15.2. The molecule has 2 atom stereocenters. The van der Waals surface area contributed by atoms with E-state index in [9.17, 15) is 9.59 Å². The Kier molecular flexibility index (Phi) is 6.30. The van der Waals surface area contributed by atoms with Gasteiger partial charge in [-0.05, 0) is 45.4 Å². The maximum absolute atomic E-state index is 11.7. The number of amides is 1. The predicted octanol–water partition coefficient (Wildman–Crippen LogP) is 3.18. The highest BCUT2D eigenvalue weighted by atomic mass is 16.6. The van der Waals surface area contributed by atoms with Crippen LogP contribution in [0.4, 0.5) is 4.79 Å². The van der Waals surface area contributed by atoms with Gasteiger partial charge in [-0.1, -0.05) is 19.3 Å². The number of hydrogen-bond donors (Lipinski definition) is 2. The van der Waals surface area contributed by atoms with Gasteiger partial charge in [0, 0.05) is 13.0 Å². The third-order valence-electron chi connectivity index (χ3n) is 3.66. The van der Waals surface area contributed by atoms with Gasteiger partial charge in [0.25, 0.3) is 0 Å². The van der Waals surface area contributed by atoms with E-state index in [2.05, 4.69) is 5.32 Å². The van der Waals surface area contributed by atoms with E-state index in [0.717, 1.165) is 32.1 Å². The second-order valence-corrected chi connectivity index (χ2v) is 6.64. The summed E-state index contributed by atoms with van der Waals surface area (Å²) in [6.45, 7) is 5.98. The fourth-order valence-electron chi connectivity index (χ4n) is 2.75. The highest BCUT2D eigenvalue weighted by Gasteiger charge is 2.26. The highest BCUT2D eigenvalue weighted by Crippen LogP contribution is 2.30. The van der Waals surface area contributed by atoms with Gasteiger partial charge < -0.3 is 15.2 Å². The predicted molar refractivity (Wildman–Crippen MR) is 76.6 cm³/mol.